The third-order valence-electron chi connectivity index (χ3n) is 3.89. The fraction of sp³-hybridized carbons (Fsp3) is 0.615. The van der Waals surface area contributed by atoms with E-state index in [-0.39, 0.29) is 6.04 Å². The second-order valence-electron chi connectivity index (χ2n) is 5.09. The molecule has 1 fully saturated rings. The Bertz CT molecular complexity index is 417. The number of alkyl halides is 3. The Labute approximate surface area is 105 Å². The summed E-state index contributed by atoms with van der Waals surface area (Å²) in [6.45, 7) is 4.30. The van der Waals surface area contributed by atoms with Crippen LogP contribution in [-0.2, 0) is 6.18 Å². The summed E-state index contributed by atoms with van der Waals surface area (Å²) < 4.78 is 37.7. The van der Waals surface area contributed by atoms with E-state index in [0.717, 1.165) is 25.0 Å². The minimum absolute atomic E-state index is 0.219. The molecule has 0 radical (unpaired) electrons. The molecule has 1 aliphatic rings. The summed E-state index contributed by atoms with van der Waals surface area (Å²) in [5.74, 6) is 1.38. The van der Waals surface area contributed by atoms with Crippen LogP contribution in [0.15, 0.2) is 18.3 Å². The molecule has 2 rings (SSSR count). The zero-order valence-electron chi connectivity index (χ0n) is 10.5. The van der Waals surface area contributed by atoms with Gasteiger partial charge in [0, 0.05) is 12.2 Å². The highest BCUT2D eigenvalue weighted by Gasteiger charge is 2.32. The van der Waals surface area contributed by atoms with E-state index in [2.05, 4.69) is 24.1 Å². The Hall–Kier alpha value is -1.26. The van der Waals surface area contributed by atoms with Crippen LogP contribution in [0, 0.1) is 11.8 Å². The number of aromatic nitrogens is 1. The van der Waals surface area contributed by atoms with Crippen molar-refractivity contribution in [2.24, 2.45) is 11.8 Å². The van der Waals surface area contributed by atoms with E-state index in [1.165, 1.54) is 6.20 Å². The maximum Gasteiger partial charge on any atom is 0.416 e. The van der Waals surface area contributed by atoms with Gasteiger partial charge in [0.1, 0.15) is 5.82 Å². The second kappa shape index (κ2) is 4.78. The molecule has 1 N–H and O–H groups in total. The van der Waals surface area contributed by atoms with Crippen molar-refractivity contribution in [1.29, 1.82) is 0 Å². The largest absolute Gasteiger partial charge is 0.416 e. The Morgan fingerprint density at radius 1 is 1.28 bits per heavy atom. The summed E-state index contributed by atoms with van der Waals surface area (Å²) in [4.78, 5) is 3.96. The number of rotatable bonds is 2. The minimum Gasteiger partial charge on any atom is -0.367 e. The molecule has 3 atom stereocenters. The molecule has 3 unspecified atom stereocenters. The van der Waals surface area contributed by atoms with Crippen LogP contribution >= 0.6 is 0 Å². The van der Waals surface area contributed by atoms with E-state index in [1.54, 1.807) is 0 Å². The van der Waals surface area contributed by atoms with Crippen LogP contribution in [0.4, 0.5) is 19.0 Å². The number of nitrogens with one attached hydrogen (secondary N) is 1. The fourth-order valence-electron chi connectivity index (χ4n) is 2.44. The normalized spacial score (nSPS) is 28.4. The molecule has 0 spiro atoms. The van der Waals surface area contributed by atoms with Crippen LogP contribution < -0.4 is 5.32 Å². The number of anilines is 1. The maximum absolute atomic E-state index is 12.6. The number of hydrogen-bond acceptors (Lipinski definition) is 2. The van der Waals surface area contributed by atoms with Gasteiger partial charge in [-0.2, -0.15) is 13.2 Å². The number of nitrogens with zero attached hydrogens (tertiary/aromatic N) is 1. The molecule has 0 amide bonds. The fourth-order valence-corrected chi connectivity index (χ4v) is 2.44. The molecule has 0 aliphatic heterocycles. The average Bonchev–Trinajstić information content (AvgIpc) is 2.60. The highest BCUT2D eigenvalue weighted by Crippen LogP contribution is 2.34. The average molecular weight is 258 g/mol. The lowest BCUT2D eigenvalue weighted by Crippen LogP contribution is -2.24. The van der Waals surface area contributed by atoms with Gasteiger partial charge in [-0.05, 0) is 36.8 Å². The van der Waals surface area contributed by atoms with E-state index in [9.17, 15) is 13.2 Å². The molecule has 18 heavy (non-hydrogen) atoms. The highest BCUT2D eigenvalue weighted by molar-refractivity contribution is 5.40. The second-order valence-corrected chi connectivity index (χ2v) is 5.09. The molecule has 1 aliphatic carbocycles. The molecule has 1 aromatic heterocycles. The van der Waals surface area contributed by atoms with Crippen molar-refractivity contribution in [2.45, 2.75) is 38.9 Å². The van der Waals surface area contributed by atoms with Crippen molar-refractivity contribution in [3.63, 3.8) is 0 Å². The van der Waals surface area contributed by atoms with Gasteiger partial charge in [0.15, 0.2) is 0 Å². The Morgan fingerprint density at radius 2 is 2.00 bits per heavy atom. The molecule has 1 heterocycles. The van der Waals surface area contributed by atoms with Crippen molar-refractivity contribution in [1.82, 2.24) is 4.98 Å². The van der Waals surface area contributed by atoms with E-state index in [4.69, 9.17) is 0 Å². The summed E-state index contributed by atoms with van der Waals surface area (Å²) in [6, 6.07) is 2.29. The first-order valence-electron chi connectivity index (χ1n) is 6.17. The number of halogens is 3. The van der Waals surface area contributed by atoms with Gasteiger partial charge in [-0.1, -0.05) is 13.8 Å². The number of hydrogen-bond donors (Lipinski definition) is 1. The molecule has 5 heteroatoms. The van der Waals surface area contributed by atoms with Gasteiger partial charge in [-0.25, -0.2) is 4.98 Å². The Morgan fingerprint density at radius 3 is 2.56 bits per heavy atom. The van der Waals surface area contributed by atoms with Crippen molar-refractivity contribution in [3.05, 3.63) is 23.9 Å². The standard InChI is InChI=1S/C13H17F3N2/c1-8-3-4-11(9(8)2)18-12-7-10(5-6-17-12)13(14,15)16/h5-9,11H,3-4H2,1-2H3,(H,17,18). The predicted octanol–water partition coefficient (Wildman–Crippen LogP) is 3.95. The maximum atomic E-state index is 12.6. The lowest BCUT2D eigenvalue weighted by atomic mass is 9.98. The molecule has 0 bridgehead atoms. The highest BCUT2D eigenvalue weighted by atomic mass is 19.4. The van der Waals surface area contributed by atoms with Gasteiger partial charge < -0.3 is 5.32 Å². The first kappa shape index (κ1) is 13.2. The van der Waals surface area contributed by atoms with Crippen molar-refractivity contribution >= 4 is 5.82 Å². The molecular formula is C13H17F3N2. The molecule has 1 saturated carbocycles. The van der Waals surface area contributed by atoms with Crippen LogP contribution in [0.5, 0.6) is 0 Å². The number of pyridine rings is 1. The van der Waals surface area contributed by atoms with Crippen LogP contribution in [0.25, 0.3) is 0 Å². The summed E-state index contributed by atoms with van der Waals surface area (Å²) >= 11 is 0. The van der Waals surface area contributed by atoms with Gasteiger partial charge in [0.2, 0.25) is 0 Å². The van der Waals surface area contributed by atoms with Crippen LogP contribution in [0.1, 0.15) is 32.3 Å². The predicted molar refractivity (Wildman–Crippen MR) is 64.2 cm³/mol. The third kappa shape index (κ3) is 2.76. The van der Waals surface area contributed by atoms with Crippen LogP contribution in [0.2, 0.25) is 0 Å². The minimum atomic E-state index is -4.31. The summed E-state index contributed by atoms with van der Waals surface area (Å²) in [7, 11) is 0. The van der Waals surface area contributed by atoms with Gasteiger partial charge >= 0.3 is 6.18 Å². The van der Waals surface area contributed by atoms with Gasteiger partial charge in [-0.15, -0.1) is 0 Å². The Kier molecular flexibility index (Phi) is 3.50. The molecule has 2 nitrogen and oxygen atoms in total. The van der Waals surface area contributed by atoms with E-state index in [1.807, 2.05) is 0 Å². The Balaban J connectivity index is 2.11. The van der Waals surface area contributed by atoms with Gasteiger partial charge in [0.05, 0.1) is 5.56 Å². The van der Waals surface area contributed by atoms with Gasteiger partial charge in [0.25, 0.3) is 0 Å². The van der Waals surface area contributed by atoms with Crippen molar-refractivity contribution in [2.75, 3.05) is 5.32 Å². The SMILES string of the molecule is CC1CCC(Nc2cc(C(F)(F)F)ccn2)C1C. The quantitative estimate of drug-likeness (QED) is 0.868. The van der Waals surface area contributed by atoms with E-state index >= 15 is 0 Å². The van der Waals surface area contributed by atoms with E-state index < -0.39 is 11.7 Å². The van der Waals surface area contributed by atoms with Gasteiger partial charge in [-0.3, -0.25) is 0 Å². The zero-order chi connectivity index (χ0) is 13.3. The molecular weight excluding hydrogens is 241 g/mol. The monoisotopic (exact) mass is 258 g/mol. The van der Waals surface area contributed by atoms with Crippen molar-refractivity contribution in [3.8, 4) is 0 Å². The lowest BCUT2D eigenvalue weighted by molar-refractivity contribution is -0.137. The summed E-state index contributed by atoms with van der Waals surface area (Å²) in [6.07, 6.45) is -1.01. The topological polar surface area (TPSA) is 24.9 Å². The third-order valence-corrected chi connectivity index (χ3v) is 3.89. The summed E-state index contributed by atoms with van der Waals surface area (Å²) in [5, 5.41) is 3.12. The van der Waals surface area contributed by atoms with E-state index in [0.29, 0.717) is 17.7 Å². The summed E-state index contributed by atoms with van der Waals surface area (Å²) in [5.41, 5.74) is -0.654. The molecule has 0 saturated heterocycles. The first-order valence-corrected chi connectivity index (χ1v) is 6.17. The zero-order valence-corrected chi connectivity index (χ0v) is 10.5. The molecule has 0 aromatic carbocycles. The lowest BCUT2D eigenvalue weighted by Gasteiger charge is -2.20. The molecule has 1 aromatic rings. The van der Waals surface area contributed by atoms with Crippen LogP contribution in [-0.4, -0.2) is 11.0 Å². The van der Waals surface area contributed by atoms with Crippen LogP contribution in [0.3, 0.4) is 0 Å². The smallest absolute Gasteiger partial charge is 0.367 e. The molecule has 100 valence electrons. The first-order chi connectivity index (χ1) is 8.38. The van der Waals surface area contributed by atoms with Crippen molar-refractivity contribution < 1.29 is 13.2 Å².